The van der Waals surface area contributed by atoms with E-state index < -0.39 is 17.8 Å². The summed E-state index contributed by atoms with van der Waals surface area (Å²) in [5.41, 5.74) is 13.2. The Morgan fingerprint density at radius 3 is 2.50 bits per heavy atom. The molecule has 0 saturated heterocycles. The summed E-state index contributed by atoms with van der Waals surface area (Å²) in [6, 6.07) is 5.09. The minimum absolute atomic E-state index is 0.190. The molecule has 3 amide bonds. The molecule has 8 heteroatoms. The highest BCUT2D eigenvalue weighted by Gasteiger charge is 2.41. The van der Waals surface area contributed by atoms with Crippen molar-refractivity contribution < 1.29 is 14.0 Å². The predicted octanol–water partition coefficient (Wildman–Crippen LogP) is 2.80. The molecule has 148 valence electrons. The maximum atomic E-state index is 13.8. The molecule has 1 atom stereocenters. The SMILES string of the molecule is NC(=O)c1c(-c2cccc(F)c2)nn2c1C(C1CCCCC1)N(C(N)=O)CC2. The molecule has 2 aliphatic rings. The number of rotatable bonds is 3. The van der Waals surface area contributed by atoms with Gasteiger partial charge in [0.15, 0.2) is 0 Å². The lowest BCUT2D eigenvalue weighted by molar-refractivity contribution is 0.0964. The first kappa shape index (κ1) is 18.5. The number of primary amides is 2. The maximum absolute atomic E-state index is 13.8. The van der Waals surface area contributed by atoms with E-state index in [1.54, 1.807) is 21.7 Å². The van der Waals surface area contributed by atoms with E-state index in [0.717, 1.165) is 32.1 Å². The molecule has 4 rings (SSSR count). The van der Waals surface area contributed by atoms with Gasteiger partial charge in [0.05, 0.1) is 23.8 Å². The summed E-state index contributed by atoms with van der Waals surface area (Å²) in [7, 11) is 0. The van der Waals surface area contributed by atoms with Crippen molar-refractivity contribution in [1.82, 2.24) is 14.7 Å². The summed E-state index contributed by atoms with van der Waals surface area (Å²) < 4.78 is 15.5. The summed E-state index contributed by atoms with van der Waals surface area (Å²) in [6.45, 7) is 0.836. The Morgan fingerprint density at radius 2 is 1.86 bits per heavy atom. The number of amides is 3. The summed E-state index contributed by atoms with van der Waals surface area (Å²) in [6.07, 6.45) is 5.21. The number of halogens is 1. The van der Waals surface area contributed by atoms with E-state index in [2.05, 4.69) is 5.10 Å². The minimum Gasteiger partial charge on any atom is -0.365 e. The minimum atomic E-state index is -0.632. The Morgan fingerprint density at radius 1 is 1.11 bits per heavy atom. The van der Waals surface area contributed by atoms with Gasteiger partial charge >= 0.3 is 6.03 Å². The number of nitrogens with zero attached hydrogens (tertiary/aromatic N) is 3. The molecule has 2 heterocycles. The second-order valence-electron chi connectivity index (χ2n) is 7.58. The molecule has 28 heavy (non-hydrogen) atoms. The Balaban J connectivity index is 1.89. The molecule has 1 aromatic carbocycles. The Labute approximate surface area is 162 Å². The number of hydrogen-bond donors (Lipinski definition) is 2. The van der Waals surface area contributed by atoms with E-state index in [1.165, 1.54) is 12.1 Å². The van der Waals surface area contributed by atoms with Crippen molar-refractivity contribution in [3.63, 3.8) is 0 Å². The van der Waals surface area contributed by atoms with Crippen molar-refractivity contribution in [3.05, 3.63) is 41.3 Å². The van der Waals surface area contributed by atoms with Crippen LogP contribution in [0, 0.1) is 11.7 Å². The summed E-state index contributed by atoms with van der Waals surface area (Å²) >= 11 is 0. The van der Waals surface area contributed by atoms with Crippen LogP contribution in [0.2, 0.25) is 0 Å². The van der Waals surface area contributed by atoms with Crippen LogP contribution >= 0.6 is 0 Å². The average molecular weight is 385 g/mol. The van der Waals surface area contributed by atoms with Gasteiger partial charge in [-0.15, -0.1) is 0 Å². The molecule has 1 saturated carbocycles. The van der Waals surface area contributed by atoms with Crippen LogP contribution in [0.1, 0.15) is 54.2 Å². The molecule has 2 aromatic rings. The first-order chi connectivity index (χ1) is 13.5. The lowest BCUT2D eigenvalue weighted by Gasteiger charge is -2.41. The molecule has 7 nitrogen and oxygen atoms in total. The third-order valence-electron chi connectivity index (χ3n) is 5.88. The van der Waals surface area contributed by atoms with Gasteiger partial charge in [-0.3, -0.25) is 9.48 Å². The summed E-state index contributed by atoms with van der Waals surface area (Å²) in [5, 5.41) is 4.59. The second-order valence-corrected chi connectivity index (χ2v) is 7.58. The quantitative estimate of drug-likeness (QED) is 0.848. The normalized spacial score (nSPS) is 20.0. The molecule has 0 radical (unpaired) electrons. The van der Waals surface area contributed by atoms with E-state index in [0.29, 0.717) is 30.0 Å². The largest absolute Gasteiger partial charge is 0.365 e. The van der Waals surface area contributed by atoms with Crippen molar-refractivity contribution in [2.24, 2.45) is 17.4 Å². The molecule has 1 aliphatic heterocycles. The summed E-state index contributed by atoms with van der Waals surface area (Å²) in [4.78, 5) is 26.3. The molecule has 1 aliphatic carbocycles. The number of aromatic nitrogens is 2. The maximum Gasteiger partial charge on any atom is 0.315 e. The molecule has 1 fully saturated rings. The lowest BCUT2D eigenvalue weighted by atomic mass is 9.80. The van der Waals surface area contributed by atoms with E-state index in [-0.39, 0.29) is 17.5 Å². The van der Waals surface area contributed by atoms with Crippen molar-refractivity contribution in [1.29, 1.82) is 0 Å². The molecular weight excluding hydrogens is 361 g/mol. The van der Waals surface area contributed by atoms with Gasteiger partial charge in [0.25, 0.3) is 5.91 Å². The van der Waals surface area contributed by atoms with Gasteiger partial charge in [0.2, 0.25) is 0 Å². The van der Waals surface area contributed by atoms with E-state index in [4.69, 9.17) is 11.5 Å². The van der Waals surface area contributed by atoms with E-state index in [1.807, 2.05) is 0 Å². The fraction of sp³-hybridized carbons (Fsp3) is 0.450. The van der Waals surface area contributed by atoms with Crippen LogP contribution in [-0.4, -0.2) is 33.2 Å². The Hall–Kier alpha value is -2.90. The van der Waals surface area contributed by atoms with Gasteiger partial charge in [0.1, 0.15) is 11.5 Å². The van der Waals surface area contributed by atoms with Crippen molar-refractivity contribution in [3.8, 4) is 11.3 Å². The highest BCUT2D eigenvalue weighted by Crippen LogP contribution is 2.43. The fourth-order valence-corrected chi connectivity index (χ4v) is 4.69. The molecule has 0 bridgehead atoms. The second kappa shape index (κ2) is 7.26. The fourth-order valence-electron chi connectivity index (χ4n) is 4.69. The highest BCUT2D eigenvalue weighted by molar-refractivity contribution is 6.00. The highest BCUT2D eigenvalue weighted by atomic mass is 19.1. The van der Waals surface area contributed by atoms with Gasteiger partial charge < -0.3 is 16.4 Å². The van der Waals surface area contributed by atoms with E-state index in [9.17, 15) is 14.0 Å². The van der Waals surface area contributed by atoms with Crippen LogP contribution in [-0.2, 0) is 6.54 Å². The third-order valence-corrected chi connectivity index (χ3v) is 5.88. The van der Waals surface area contributed by atoms with Crippen LogP contribution in [0.5, 0.6) is 0 Å². The van der Waals surface area contributed by atoms with Crippen LogP contribution < -0.4 is 11.5 Å². The van der Waals surface area contributed by atoms with Crippen LogP contribution in [0.15, 0.2) is 24.3 Å². The smallest absolute Gasteiger partial charge is 0.315 e. The topological polar surface area (TPSA) is 107 Å². The first-order valence-electron chi connectivity index (χ1n) is 9.70. The predicted molar refractivity (Wildman–Crippen MR) is 102 cm³/mol. The van der Waals surface area contributed by atoms with Crippen molar-refractivity contribution in [2.45, 2.75) is 44.7 Å². The third kappa shape index (κ3) is 3.12. The Bertz CT molecular complexity index is 919. The zero-order valence-corrected chi connectivity index (χ0v) is 15.6. The molecular formula is C20H24FN5O2. The average Bonchev–Trinajstić information content (AvgIpc) is 3.07. The van der Waals surface area contributed by atoms with Gasteiger partial charge in [-0.2, -0.15) is 5.10 Å². The number of carbonyl (C=O) groups excluding carboxylic acids is 2. The molecule has 1 aromatic heterocycles. The monoisotopic (exact) mass is 385 g/mol. The number of nitrogens with two attached hydrogens (primary N) is 2. The molecule has 0 spiro atoms. The van der Waals surface area contributed by atoms with Crippen LogP contribution in [0.3, 0.4) is 0 Å². The number of fused-ring (bicyclic) bond motifs is 1. The molecule has 4 N–H and O–H groups in total. The summed E-state index contributed by atoms with van der Waals surface area (Å²) in [5.74, 6) is -0.857. The standard InChI is InChI=1S/C20H24FN5O2/c21-14-8-4-7-13(11-14)16-15(19(22)27)18-17(12-5-2-1-3-6-12)25(20(23)28)9-10-26(18)24-16/h4,7-8,11-12,17H,1-3,5-6,9-10H2,(H2,22,27)(H2,23,28). The Kier molecular flexibility index (Phi) is 4.78. The first-order valence-corrected chi connectivity index (χ1v) is 9.70. The van der Waals surface area contributed by atoms with Crippen LogP contribution in [0.4, 0.5) is 9.18 Å². The zero-order chi connectivity index (χ0) is 19.8. The van der Waals surface area contributed by atoms with Gasteiger partial charge in [-0.05, 0) is 30.9 Å². The van der Waals surface area contributed by atoms with E-state index >= 15 is 0 Å². The van der Waals surface area contributed by atoms with Crippen LogP contribution in [0.25, 0.3) is 11.3 Å². The number of hydrogen-bond acceptors (Lipinski definition) is 3. The lowest BCUT2D eigenvalue weighted by Crippen LogP contribution is -2.48. The van der Waals surface area contributed by atoms with Gasteiger partial charge in [-0.1, -0.05) is 31.4 Å². The van der Waals surface area contributed by atoms with Crippen molar-refractivity contribution in [2.75, 3.05) is 6.54 Å². The number of urea groups is 1. The van der Waals surface area contributed by atoms with Gasteiger partial charge in [0, 0.05) is 12.1 Å². The number of benzene rings is 1. The van der Waals surface area contributed by atoms with Crippen molar-refractivity contribution >= 4 is 11.9 Å². The van der Waals surface area contributed by atoms with Gasteiger partial charge in [-0.25, -0.2) is 9.18 Å². The zero-order valence-electron chi connectivity index (χ0n) is 15.6. The molecule has 1 unspecified atom stereocenters. The number of carbonyl (C=O) groups is 2.